The number of rotatable bonds is 5. The topological polar surface area (TPSA) is 46.3 Å². The van der Waals surface area contributed by atoms with Crippen molar-refractivity contribution >= 4 is 27.5 Å². The molecule has 0 fully saturated rings. The maximum absolute atomic E-state index is 12.5. The smallest absolute Gasteiger partial charge is 0.399 e. The van der Waals surface area contributed by atoms with Crippen LogP contribution in [0.15, 0.2) is 22.7 Å². The van der Waals surface area contributed by atoms with Crippen LogP contribution in [0.4, 0.5) is 18.9 Å². The number of unbranched alkanes of at least 4 members (excludes halogenated alkanes) is 1. The van der Waals surface area contributed by atoms with Crippen LogP contribution in [0.1, 0.15) is 30.1 Å². The lowest BCUT2D eigenvalue weighted by molar-refractivity contribution is -0.140. The summed E-state index contributed by atoms with van der Waals surface area (Å²) in [5.74, 6) is -0.663. The molecule has 0 saturated carbocycles. The molecule has 0 aromatic heterocycles. The van der Waals surface area contributed by atoms with E-state index in [0.717, 1.165) is 4.90 Å². The largest absolute Gasteiger partial charge is 0.406 e. The molecule has 1 amide bonds. The number of nitrogens with zero attached hydrogens (tertiary/aromatic N) is 1. The van der Waals surface area contributed by atoms with Gasteiger partial charge in [-0.2, -0.15) is 13.2 Å². The Morgan fingerprint density at radius 2 is 2.00 bits per heavy atom. The molecule has 20 heavy (non-hydrogen) atoms. The van der Waals surface area contributed by atoms with E-state index in [1.165, 1.54) is 12.1 Å². The molecule has 2 N–H and O–H groups in total. The van der Waals surface area contributed by atoms with Gasteiger partial charge in [0.05, 0.1) is 0 Å². The first kappa shape index (κ1) is 16.8. The maximum atomic E-state index is 12.5. The van der Waals surface area contributed by atoms with E-state index in [2.05, 4.69) is 15.9 Å². The van der Waals surface area contributed by atoms with Crippen molar-refractivity contribution in [3.63, 3.8) is 0 Å². The molecule has 112 valence electrons. The van der Waals surface area contributed by atoms with Crippen LogP contribution in [0.3, 0.4) is 0 Å². The zero-order valence-electron chi connectivity index (χ0n) is 11.0. The van der Waals surface area contributed by atoms with Gasteiger partial charge in [-0.15, -0.1) is 0 Å². The van der Waals surface area contributed by atoms with Gasteiger partial charge >= 0.3 is 6.18 Å². The fraction of sp³-hybridized carbons (Fsp3) is 0.462. The standard InChI is InChI=1S/C13H16BrF3N2O/c1-2-3-4-19(8-13(15,16)17)12(20)9-5-10(14)7-11(18)6-9/h5-7H,2-4,8,18H2,1H3. The minimum Gasteiger partial charge on any atom is -0.399 e. The van der Waals surface area contributed by atoms with Crippen LogP contribution in [-0.2, 0) is 0 Å². The summed E-state index contributed by atoms with van der Waals surface area (Å²) in [4.78, 5) is 13.0. The lowest BCUT2D eigenvalue weighted by atomic mass is 10.1. The van der Waals surface area contributed by atoms with Crippen LogP contribution in [0.2, 0.25) is 0 Å². The molecule has 0 bridgehead atoms. The highest BCUT2D eigenvalue weighted by Crippen LogP contribution is 2.22. The molecule has 3 nitrogen and oxygen atoms in total. The number of alkyl halides is 3. The van der Waals surface area contributed by atoms with Gasteiger partial charge in [0, 0.05) is 22.3 Å². The van der Waals surface area contributed by atoms with E-state index in [1.807, 2.05) is 6.92 Å². The zero-order valence-corrected chi connectivity index (χ0v) is 12.6. The normalized spacial score (nSPS) is 11.4. The van der Waals surface area contributed by atoms with E-state index in [1.54, 1.807) is 6.07 Å². The number of hydrogen-bond acceptors (Lipinski definition) is 2. The highest BCUT2D eigenvalue weighted by molar-refractivity contribution is 9.10. The van der Waals surface area contributed by atoms with Crippen molar-refractivity contribution < 1.29 is 18.0 Å². The second-order valence-corrected chi connectivity index (χ2v) is 5.38. The van der Waals surface area contributed by atoms with Crippen LogP contribution >= 0.6 is 15.9 Å². The van der Waals surface area contributed by atoms with Crippen molar-refractivity contribution in [1.82, 2.24) is 4.90 Å². The zero-order chi connectivity index (χ0) is 15.3. The Bertz CT molecular complexity index is 457. The summed E-state index contributed by atoms with van der Waals surface area (Å²) in [5.41, 5.74) is 6.08. The summed E-state index contributed by atoms with van der Waals surface area (Å²) in [7, 11) is 0. The van der Waals surface area contributed by atoms with E-state index >= 15 is 0 Å². The quantitative estimate of drug-likeness (QED) is 0.818. The van der Waals surface area contributed by atoms with Gasteiger partial charge in [-0.05, 0) is 24.6 Å². The molecule has 0 aliphatic heterocycles. The van der Waals surface area contributed by atoms with Crippen molar-refractivity contribution in [1.29, 1.82) is 0 Å². The van der Waals surface area contributed by atoms with E-state index in [-0.39, 0.29) is 12.1 Å². The molecular weight excluding hydrogens is 337 g/mol. The van der Waals surface area contributed by atoms with Crippen molar-refractivity contribution in [2.75, 3.05) is 18.8 Å². The lowest BCUT2D eigenvalue weighted by Crippen LogP contribution is -2.39. The third kappa shape index (κ3) is 5.40. The first-order valence-electron chi connectivity index (χ1n) is 6.15. The SMILES string of the molecule is CCCCN(CC(F)(F)F)C(=O)c1cc(N)cc(Br)c1. The Morgan fingerprint density at radius 1 is 1.35 bits per heavy atom. The number of benzene rings is 1. The number of amides is 1. The molecule has 0 radical (unpaired) electrons. The van der Waals surface area contributed by atoms with Gasteiger partial charge < -0.3 is 10.6 Å². The molecule has 0 heterocycles. The molecule has 7 heteroatoms. The van der Waals surface area contributed by atoms with Crippen LogP contribution in [-0.4, -0.2) is 30.1 Å². The van der Waals surface area contributed by atoms with E-state index in [0.29, 0.717) is 23.0 Å². The maximum Gasteiger partial charge on any atom is 0.406 e. The molecule has 1 rings (SSSR count). The average molecular weight is 353 g/mol. The molecule has 1 aromatic carbocycles. The van der Waals surface area contributed by atoms with Crippen LogP contribution in [0, 0.1) is 0 Å². The highest BCUT2D eigenvalue weighted by atomic mass is 79.9. The third-order valence-electron chi connectivity index (χ3n) is 2.61. The predicted octanol–water partition coefficient (Wildman–Crippen LogP) is 3.84. The molecule has 0 atom stereocenters. The van der Waals surface area contributed by atoms with Crippen molar-refractivity contribution in [3.05, 3.63) is 28.2 Å². The minimum atomic E-state index is -4.42. The van der Waals surface area contributed by atoms with E-state index in [4.69, 9.17) is 5.73 Å². The number of carbonyl (C=O) groups excluding carboxylic acids is 1. The molecule has 0 unspecified atom stereocenters. The van der Waals surface area contributed by atoms with E-state index < -0.39 is 18.6 Å². The van der Waals surface area contributed by atoms with Crippen LogP contribution in [0.25, 0.3) is 0 Å². The summed E-state index contributed by atoms with van der Waals surface area (Å²) in [6, 6.07) is 4.42. The number of nitrogens with two attached hydrogens (primary N) is 1. The van der Waals surface area contributed by atoms with Crippen molar-refractivity contribution in [2.45, 2.75) is 25.9 Å². The predicted molar refractivity (Wildman–Crippen MR) is 75.4 cm³/mol. The summed E-state index contributed by atoms with van der Waals surface area (Å²) in [5, 5.41) is 0. The first-order valence-corrected chi connectivity index (χ1v) is 6.94. The van der Waals surface area contributed by atoms with Gasteiger partial charge in [-0.3, -0.25) is 4.79 Å². The fourth-order valence-corrected chi connectivity index (χ4v) is 2.25. The second-order valence-electron chi connectivity index (χ2n) is 4.47. The number of halogens is 4. The van der Waals surface area contributed by atoms with Crippen molar-refractivity contribution in [2.24, 2.45) is 0 Å². The number of anilines is 1. The third-order valence-corrected chi connectivity index (χ3v) is 3.06. The Kier molecular flexibility index (Phi) is 5.86. The first-order chi connectivity index (χ1) is 9.23. The molecule has 0 aliphatic carbocycles. The molecule has 0 saturated heterocycles. The number of nitrogen functional groups attached to an aromatic ring is 1. The average Bonchev–Trinajstić information content (AvgIpc) is 2.31. The minimum absolute atomic E-state index is 0.0707. The van der Waals surface area contributed by atoms with Gasteiger partial charge in [0.2, 0.25) is 0 Å². The van der Waals surface area contributed by atoms with E-state index in [9.17, 15) is 18.0 Å². The summed E-state index contributed by atoms with van der Waals surface area (Å²) in [6.07, 6.45) is -3.19. The molecule has 0 aliphatic rings. The number of hydrogen-bond donors (Lipinski definition) is 1. The monoisotopic (exact) mass is 352 g/mol. The highest BCUT2D eigenvalue weighted by Gasteiger charge is 2.33. The Labute approximate surface area is 124 Å². The lowest BCUT2D eigenvalue weighted by Gasteiger charge is -2.24. The summed E-state index contributed by atoms with van der Waals surface area (Å²) < 4.78 is 38.2. The van der Waals surface area contributed by atoms with Gasteiger partial charge in [0.15, 0.2) is 0 Å². The van der Waals surface area contributed by atoms with Crippen LogP contribution in [0.5, 0.6) is 0 Å². The summed E-state index contributed by atoms with van der Waals surface area (Å²) >= 11 is 3.17. The number of carbonyl (C=O) groups is 1. The Hall–Kier alpha value is -1.24. The van der Waals surface area contributed by atoms with Crippen molar-refractivity contribution in [3.8, 4) is 0 Å². The van der Waals surface area contributed by atoms with Gasteiger partial charge in [-0.1, -0.05) is 29.3 Å². The molecule has 1 aromatic rings. The van der Waals surface area contributed by atoms with Gasteiger partial charge in [0.1, 0.15) is 6.54 Å². The van der Waals surface area contributed by atoms with Gasteiger partial charge in [-0.25, -0.2) is 0 Å². The molecular formula is C13H16BrF3N2O. The summed E-state index contributed by atoms with van der Waals surface area (Å²) in [6.45, 7) is 0.673. The molecule has 0 spiro atoms. The second kappa shape index (κ2) is 6.97. The van der Waals surface area contributed by atoms with Gasteiger partial charge in [0.25, 0.3) is 5.91 Å². The Balaban J connectivity index is 2.96. The Morgan fingerprint density at radius 3 is 2.50 bits per heavy atom. The fourth-order valence-electron chi connectivity index (χ4n) is 1.74. The van der Waals surface area contributed by atoms with Crippen LogP contribution < -0.4 is 5.73 Å².